The molecule has 130 valence electrons. The molecule has 1 aliphatic heterocycles. The van der Waals surface area contributed by atoms with Crippen molar-refractivity contribution < 1.29 is 14.3 Å². The Hall–Kier alpha value is -3.25. The molecule has 26 heavy (non-hydrogen) atoms. The highest BCUT2D eigenvalue weighted by Crippen LogP contribution is 2.34. The Morgan fingerprint density at radius 3 is 2.73 bits per heavy atom. The van der Waals surface area contributed by atoms with Crippen molar-refractivity contribution in [1.29, 1.82) is 0 Å². The molecule has 0 spiro atoms. The van der Waals surface area contributed by atoms with E-state index in [1.165, 1.54) is 6.20 Å². The molecule has 7 heteroatoms. The molecule has 3 aromatic rings. The lowest BCUT2D eigenvalue weighted by atomic mass is 10.2. The number of hydrogen-bond acceptors (Lipinski definition) is 5. The van der Waals surface area contributed by atoms with E-state index in [2.05, 4.69) is 15.6 Å². The third kappa shape index (κ3) is 3.41. The molecule has 2 N–H and O–H groups in total. The lowest BCUT2D eigenvalue weighted by Gasteiger charge is -2.10. The van der Waals surface area contributed by atoms with Gasteiger partial charge in [-0.3, -0.25) is 9.78 Å². The zero-order chi connectivity index (χ0) is 17.9. The molecule has 4 rings (SSSR count). The molecule has 1 aliphatic rings. The Morgan fingerprint density at radius 1 is 1.00 bits per heavy atom. The zero-order valence-corrected chi connectivity index (χ0v) is 14.3. The topological polar surface area (TPSA) is 72.5 Å². The number of nitrogens with one attached hydrogen (secondary N) is 2. The molecule has 1 aromatic heterocycles. The summed E-state index contributed by atoms with van der Waals surface area (Å²) in [7, 11) is 0. The summed E-state index contributed by atoms with van der Waals surface area (Å²) in [4.78, 5) is 16.6. The standard InChI is InChI=1S/C19H14ClN3O3/c20-15-3-1-2-4-16(15)22-14-7-12(9-21-10-14)19(24)23-13-5-6-17-18(8-13)26-11-25-17/h1-10,22H,11H2,(H,23,24). The summed E-state index contributed by atoms with van der Waals surface area (Å²) in [6.07, 6.45) is 3.13. The minimum atomic E-state index is -0.279. The van der Waals surface area contributed by atoms with Crippen LogP contribution in [0.4, 0.5) is 17.1 Å². The number of anilines is 3. The number of pyridine rings is 1. The maximum atomic E-state index is 12.5. The highest BCUT2D eigenvalue weighted by Gasteiger charge is 2.15. The number of hydrogen-bond donors (Lipinski definition) is 2. The SMILES string of the molecule is O=C(Nc1ccc2c(c1)OCO2)c1cncc(Nc2ccccc2Cl)c1. The van der Waals surface area contributed by atoms with Crippen LogP contribution in [0.5, 0.6) is 11.5 Å². The number of rotatable bonds is 4. The number of nitrogens with zero attached hydrogens (tertiary/aromatic N) is 1. The number of carbonyl (C=O) groups is 1. The number of ether oxygens (including phenoxy) is 2. The Labute approximate surface area is 154 Å². The van der Waals surface area contributed by atoms with E-state index in [0.29, 0.717) is 33.5 Å². The fourth-order valence-electron chi connectivity index (χ4n) is 2.53. The monoisotopic (exact) mass is 367 g/mol. The van der Waals surface area contributed by atoms with Crippen LogP contribution >= 0.6 is 11.6 Å². The molecule has 2 aromatic carbocycles. The first kappa shape index (κ1) is 16.2. The average Bonchev–Trinajstić information content (AvgIpc) is 3.12. The van der Waals surface area contributed by atoms with Crippen molar-refractivity contribution in [3.05, 3.63) is 71.5 Å². The van der Waals surface area contributed by atoms with Gasteiger partial charge in [-0.25, -0.2) is 0 Å². The van der Waals surface area contributed by atoms with Gasteiger partial charge in [0.15, 0.2) is 11.5 Å². The number of para-hydroxylation sites is 1. The van der Waals surface area contributed by atoms with Gasteiger partial charge in [-0.2, -0.15) is 0 Å². The van der Waals surface area contributed by atoms with Crippen LogP contribution in [0.1, 0.15) is 10.4 Å². The van der Waals surface area contributed by atoms with Gasteiger partial charge in [0.2, 0.25) is 6.79 Å². The van der Waals surface area contributed by atoms with Crippen LogP contribution in [0.25, 0.3) is 0 Å². The highest BCUT2D eigenvalue weighted by molar-refractivity contribution is 6.33. The number of carbonyl (C=O) groups excluding carboxylic acids is 1. The van der Waals surface area contributed by atoms with Gasteiger partial charge in [0.05, 0.1) is 28.2 Å². The largest absolute Gasteiger partial charge is 0.454 e. The van der Waals surface area contributed by atoms with Crippen molar-refractivity contribution in [2.45, 2.75) is 0 Å². The fraction of sp³-hybridized carbons (Fsp3) is 0.0526. The third-order valence-corrected chi connectivity index (χ3v) is 4.11. The van der Waals surface area contributed by atoms with Crippen molar-refractivity contribution in [1.82, 2.24) is 4.98 Å². The second-order valence-corrected chi connectivity index (χ2v) is 6.00. The van der Waals surface area contributed by atoms with E-state index < -0.39 is 0 Å². The minimum Gasteiger partial charge on any atom is -0.454 e. The number of benzene rings is 2. The van der Waals surface area contributed by atoms with Crippen LogP contribution in [-0.2, 0) is 0 Å². The van der Waals surface area contributed by atoms with Crippen molar-refractivity contribution in [3.8, 4) is 11.5 Å². The first-order valence-corrected chi connectivity index (χ1v) is 8.24. The molecular formula is C19H14ClN3O3. The number of halogens is 1. The summed E-state index contributed by atoms with van der Waals surface area (Å²) in [5.74, 6) is 0.991. The lowest BCUT2D eigenvalue weighted by Crippen LogP contribution is -2.12. The molecule has 0 bridgehead atoms. The third-order valence-electron chi connectivity index (χ3n) is 3.78. The second kappa shape index (κ2) is 6.93. The maximum absolute atomic E-state index is 12.5. The quantitative estimate of drug-likeness (QED) is 0.712. The van der Waals surface area contributed by atoms with Gasteiger partial charge < -0.3 is 20.1 Å². The Kier molecular flexibility index (Phi) is 4.33. The molecule has 0 aliphatic carbocycles. The van der Waals surface area contributed by atoms with Crippen molar-refractivity contribution >= 4 is 34.6 Å². The highest BCUT2D eigenvalue weighted by atomic mass is 35.5. The number of amides is 1. The van der Waals surface area contributed by atoms with Crippen LogP contribution < -0.4 is 20.1 Å². The van der Waals surface area contributed by atoms with Gasteiger partial charge in [0.1, 0.15) is 0 Å². The average molecular weight is 368 g/mol. The number of aromatic nitrogens is 1. The van der Waals surface area contributed by atoms with Gasteiger partial charge in [-0.05, 0) is 30.3 Å². The molecule has 0 radical (unpaired) electrons. The summed E-state index contributed by atoms with van der Waals surface area (Å²) in [6.45, 7) is 0.187. The van der Waals surface area contributed by atoms with Crippen molar-refractivity contribution in [3.63, 3.8) is 0 Å². The normalized spacial score (nSPS) is 11.9. The molecule has 0 unspecified atom stereocenters. The fourth-order valence-corrected chi connectivity index (χ4v) is 2.71. The lowest BCUT2D eigenvalue weighted by molar-refractivity contribution is 0.102. The molecule has 2 heterocycles. The molecule has 0 saturated carbocycles. The molecule has 0 fully saturated rings. The summed E-state index contributed by atoms with van der Waals surface area (Å²) < 4.78 is 10.6. The Balaban J connectivity index is 1.51. The first-order valence-electron chi connectivity index (χ1n) is 7.87. The van der Waals surface area contributed by atoms with Gasteiger partial charge in [-0.1, -0.05) is 23.7 Å². The smallest absolute Gasteiger partial charge is 0.257 e. The predicted octanol–water partition coefficient (Wildman–Crippen LogP) is 4.46. The molecule has 6 nitrogen and oxygen atoms in total. The summed E-state index contributed by atoms with van der Waals surface area (Å²) in [5, 5.41) is 6.56. The van der Waals surface area contributed by atoms with Crippen LogP contribution in [-0.4, -0.2) is 17.7 Å². The van der Waals surface area contributed by atoms with E-state index in [0.717, 1.165) is 5.69 Å². The summed E-state index contributed by atoms with van der Waals surface area (Å²) in [6, 6.07) is 14.3. The van der Waals surface area contributed by atoms with Crippen LogP contribution in [0.15, 0.2) is 60.9 Å². The minimum absolute atomic E-state index is 0.187. The Bertz CT molecular complexity index is 978. The van der Waals surface area contributed by atoms with E-state index in [1.54, 1.807) is 36.5 Å². The van der Waals surface area contributed by atoms with Crippen molar-refractivity contribution in [2.75, 3.05) is 17.4 Å². The molecule has 0 atom stereocenters. The van der Waals surface area contributed by atoms with E-state index >= 15 is 0 Å². The van der Waals surface area contributed by atoms with Crippen molar-refractivity contribution in [2.24, 2.45) is 0 Å². The summed E-state index contributed by atoms with van der Waals surface area (Å²) >= 11 is 6.15. The zero-order valence-electron chi connectivity index (χ0n) is 13.5. The van der Waals surface area contributed by atoms with Crippen LogP contribution in [0, 0.1) is 0 Å². The number of fused-ring (bicyclic) bond motifs is 1. The van der Waals surface area contributed by atoms with Gasteiger partial charge in [0.25, 0.3) is 5.91 Å². The maximum Gasteiger partial charge on any atom is 0.257 e. The Morgan fingerprint density at radius 2 is 1.85 bits per heavy atom. The predicted molar refractivity (Wildman–Crippen MR) is 99.5 cm³/mol. The van der Waals surface area contributed by atoms with Gasteiger partial charge in [0, 0.05) is 18.0 Å². The van der Waals surface area contributed by atoms with Crippen LogP contribution in [0.2, 0.25) is 5.02 Å². The van der Waals surface area contributed by atoms with E-state index in [-0.39, 0.29) is 12.7 Å². The van der Waals surface area contributed by atoms with E-state index in [1.807, 2.05) is 18.2 Å². The van der Waals surface area contributed by atoms with Crippen LogP contribution in [0.3, 0.4) is 0 Å². The van der Waals surface area contributed by atoms with E-state index in [9.17, 15) is 4.79 Å². The molecule has 1 amide bonds. The second-order valence-electron chi connectivity index (χ2n) is 5.59. The van der Waals surface area contributed by atoms with Gasteiger partial charge >= 0.3 is 0 Å². The van der Waals surface area contributed by atoms with Gasteiger partial charge in [-0.15, -0.1) is 0 Å². The van der Waals surface area contributed by atoms with E-state index in [4.69, 9.17) is 21.1 Å². The molecule has 0 saturated heterocycles. The summed E-state index contributed by atoms with van der Waals surface area (Å²) in [5.41, 5.74) is 2.43. The molecular weight excluding hydrogens is 354 g/mol. The first-order chi connectivity index (χ1) is 12.7.